The number of anilines is 1. The van der Waals surface area contributed by atoms with Gasteiger partial charge in [0.25, 0.3) is 0 Å². The molecular formula is C12H15ClN2O2. The number of hydrogen-bond donors (Lipinski definition) is 2. The van der Waals surface area contributed by atoms with Crippen LogP contribution in [0.5, 0.6) is 0 Å². The zero-order valence-corrected chi connectivity index (χ0v) is 10.5. The standard InChI is InChI=1S/C12H15ClN2O2/c1-3-11(16)8(2)14-12(17)15-10-7-5-4-6-9(10)13/h4-8H,3H2,1-2H3,(H2,14,15,17). The van der Waals surface area contributed by atoms with Gasteiger partial charge in [0.2, 0.25) is 0 Å². The Morgan fingerprint density at radius 3 is 2.59 bits per heavy atom. The second-order valence-corrected chi connectivity index (χ2v) is 4.03. The molecule has 0 bridgehead atoms. The third-order valence-corrected chi connectivity index (χ3v) is 2.63. The number of urea groups is 1. The molecule has 0 aromatic heterocycles. The first kappa shape index (κ1) is 13.5. The number of Topliss-reactive ketones (excluding diaryl/α,β-unsaturated/α-hetero) is 1. The number of halogens is 1. The molecule has 0 radical (unpaired) electrons. The van der Waals surface area contributed by atoms with Gasteiger partial charge in [-0.3, -0.25) is 4.79 Å². The molecule has 1 rings (SSSR count). The van der Waals surface area contributed by atoms with Crippen molar-refractivity contribution in [2.24, 2.45) is 0 Å². The van der Waals surface area contributed by atoms with E-state index in [1.54, 1.807) is 38.1 Å². The van der Waals surface area contributed by atoms with Gasteiger partial charge >= 0.3 is 6.03 Å². The van der Waals surface area contributed by atoms with Crippen LogP contribution in [0.2, 0.25) is 5.02 Å². The van der Waals surface area contributed by atoms with Crippen LogP contribution in [0.4, 0.5) is 10.5 Å². The fourth-order valence-corrected chi connectivity index (χ4v) is 1.49. The summed E-state index contributed by atoms with van der Waals surface area (Å²) in [5.74, 6) is -0.0145. The molecule has 1 aromatic rings. The molecule has 1 unspecified atom stereocenters. The quantitative estimate of drug-likeness (QED) is 0.868. The van der Waals surface area contributed by atoms with Gasteiger partial charge < -0.3 is 10.6 Å². The number of amides is 2. The molecule has 1 atom stereocenters. The third kappa shape index (κ3) is 4.07. The van der Waals surface area contributed by atoms with E-state index in [0.29, 0.717) is 17.1 Å². The third-order valence-electron chi connectivity index (χ3n) is 2.30. The summed E-state index contributed by atoms with van der Waals surface area (Å²) in [6.45, 7) is 3.41. The number of carbonyl (C=O) groups is 2. The monoisotopic (exact) mass is 254 g/mol. The van der Waals surface area contributed by atoms with Crippen LogP contribution in [0.1, 0.15) is 20.3 Å². The van der Waals surface area contributed by atoms with Crippen molar-refractivity contribution in [3.8, 4) is 0 Å². The van der Waals surface area contributed by atoms with Gasteiger partial charge in [-0.25, -0.2) is 4.79 Å². The molecule has 0 fully saturated rings. The summed E-state index contributed by atoms with van der Waals surface area (Å²) in [6, 6.07) is 5.97. The highest BCUT2D eigenvalue weighted by molar-refractivity contribution is 6.33. The Morgan fingerprint density at radius 1 is 1.35 bits per heavy atom. The molecule has 0 aliphatic carbocycles. The maximum atomic E-state index is 11.6. The largest absolute Gasteiger partial charge is 0.328 e. The maximum Gasteiger partial charge on any atom is 0.319 e. The summed E-state index contributed by atoms with van der Waals surface area (Å²) in [6.07, 6.45) is 0.396. The van der Waals surface area contributed by atoms with Crippen molar-refractivity contribution in [2.75, 3.05) is 5.32 Å². The van der Waals surface area contributed by atoms with Gasteiger partial charge in [-0.2, -0.15) is 0 Å². The van der Waals surface area contributed by atoms with Crippen molar-refractivity contribution < 1.29 is 9.59 Å². The van der Waals surface area contributed by atoms with Crippen molar-refractivity contribution in [1.29, 1.82) is 0 Å². The molecule has 17 heavy (non-hydrogen) atoms. The second-order valence-electron chi connectivity index (χ2n) is 3.62. The highest BCUT2D eigenvalue weighted by Gasteiger charge is 2.13. The molecule has 0 aliphatic rings. The molecule has 92 valence electrons. The van der Waals surface area contributed by atoms with E-state index >= 15 is 0 Å². The molecule has 2 N–H and O–H groups in total. The van der Waals surface area contributed by atoms with Crippen LogP contribution >= 0.6 is 11.6 Å². The lowest BCUT2D eigenvalue weighted by Crippen LogP contribution is -2.40. The Kier molecular flexibility index (Phi) is 4.97. The maximum absolute atomic E-state index is 11.6. The number of hydrogen-bond acceptors (Lipinski definition) is 2. The van der Waals surface area contributed by atoms with E-state index in [-0.39, 0.29) is 5.78 Å². The molecule has 0 saturated heterocycles. The van der Waals surface area contributed by atoms with Crippen molar-refractivity contribution in [1.82, 2.24) is 5.32 Å². The molecule has 2 amide bonds. The Morgan fingerprint density at radius 2 is 2.00 bits per heavy atom. The normalized spacial score (nSPS) is 11.7. The van der Waals surface area contributed by atoms with Crippen LogP contribution in [0, 0.1) is 0 Å². The summed E-state index contributed by atoms with van der Waals surface area (Å²) in [7, 11) is 0. The summed E-state index contributed by atoms with van der Waals surface area (Å²) >= 11 is 5.89. The fraction of sp³-hybridized carbons (Fsp3) is 0.333. The molecule has 0 heterocycles. The zero-order valence-electron chi connectivity index (χ0n) is 9.79. The van der Waals surface area contributed by atoms with E-state index < -0.39 is 12.1 Å². The number of nitrogens with one attached hydrogen (secondary N) is 2. The molecule has 0 saturated carbocycles. The molecule has 5 heteroatoms. The molecule has 1 aromatic carbocycles. The summed E-state index contributed by atoms with van der Waals surface area (Å²) in [5, 5.41) is 5.59. The molecular weight excluding hydrogens is 240 g/mol. The topological polar surface area (TPSA) is 58.2 Å². The van der Waals surface area contributed by atoms with Crippen LogP contribution in [-0.4, -0.2) is 17.9 Å². The van der Waals surface area contributed by atoms with Crippen LogP contribution in [0.15, 0.2) is 24.3 Å². The van der Waals surface area contributed by atoms with Crippen LogP contribution in [0.25, 0.3) is 0 Å². The minimum Gasteiger partial charge on any atom is -0.328 e. The van der Waals surface area contributed by atoms with Crippen LogP contribution < -0.4 is 10.6 Å². The van der Waals surface area contributed by atoms with Gasteiger partial charge in [0, 0.05) is 6.42 Å². The minimum absolute atomic E-state index is 0.0145. The van der Waals surface area contributed by atoms with E-state index in [0.717, 1.165) is 0 Å². The van der Waals surface area contributed by atoms with Crippen molar-refractivity contribution in [2.45, 2.75) is 26.3 Å². The van der Waals surface area contributed by atoms with Gasteiger partial charge in [-0.05, 0) is 19.1 Å². The lowest BCUT2D eigenvalue weighted by molar-refractivity contribution is -0.120. The van der Waals surface area contributed by atoms with Gasteiger partial charge in [0.1, 0.15) is 0 Å². The van der Waals surface area contributed by atoms with Gasteiger partial charge in [-0.1, -0.05) is 30.7 Å². The number of rotatable bonds is 4. The zero-order chi connectivity index (χ0) is 12.8. The number of benzene rings is 1. The summed E-state index contributed by atoms with van der Waals surface area (Å²) in [4.78, 5) is 22.9. The highest BCUT2D eigenvalue weighted by Crippen LogP contribution is 2.20. The fourth-order valence-electron chi connectivity index (χ4n) is 1.30. The summed E-state index contributed by atoms with van der Waals surface area (Å²) < 4.78 is 0. The Labute approximate surface area is 105 Å². The van der Waals surface area contributed by atoms with E-state index in [9.17, 15) is 9.59 Å². The second kappa shape index (κ2) is 6.25. The van der Waals surface area contributed by atoms with Gasteiger partial charge in [0.15, 0.2) is 5.78 Å². The van der Waals surface area contributed by atoms with E-state index in [2.05, 4.69) is 10.6 Å². The van der Waals surface area contributed by atoms with E-state index in [1.807, 2.05) is 0 Å². The first-order valence-electron chi connectivity index (χ1n) is 5.39. The number of ketones is 1. The van der Waals surface area contributed by atoms with Crippen LogP contribution in [-0.2, 0) is 4.79 Å². The predicted molar refractivity (Wildman–Crippen MR) is 68.4 cm³/mol. The van der Waals surface area contributed by atoms with Crippen molar-refractivity contribution >= 4 is 29.1 Å². The average Bonchev–Trinajstić information content (AvgIpc) is 2.31. The van der Waals surface area contributed by atoms with Crippen LogP contribution in [0.3, 0.4) is 0 Å². The van der Waals surface area contributed by atoms with Crippen molar-refractivity contribution in [3.63, 3.8) is 0 Å². The first-order chi connectivity index (χ1) is 8.04. The smallest absolute Gasteiger partial charge is 0.319 e. The SMILES string of the molecule is CCC(=O)C(C)NC(=O)Nc1ccccc1Cl. The number of para-hydroxylation sites is 1. The number of carbonyl (C=O) groups excluding carboxylic acids is 2. The minimum atomic E-state index is -0.498. The molecule has 0 aliphatic heterocycles. The lowest BCUT2D eigenvalue weighted by atomic mass is 10.2. The van der Waals surface area contributed by atoms with Gasteiger partial charge in [-0.15, -0.1) is 0 Å². The Balaban J connectivity index is 2.56. The van der Waals surface area contributed by atoms with E-state index in [4.69, 9.17) is 11.6 Å². The molecule has 0 spiro atoms. The molecule has 4 nitrogen and oxygen atoms in total. The van der Waals surface area contributed by atoms with Gasteiger partial charge in [0.05, 0.1) is 16.8 Å². The Hall–Kier alpha value is -1.55. The average molecular weight is 255 g/mol. The first-order valence-corrected chi connectivity index (χ1v) is 5.77. The van der Waals surface area contributed by atoms with Crippen molar-refractivity contribution in [3.05, 3.63) is 29.3 Å². The predicted octanol–water partition coefficient (Wildman–Crippen LogP) is 2.83. The van der Waals surface area contributed by atoms with E-state index in [1.165, 1.54) is 0 Å². The summed E-state index contributed by atoms with van der Waals surface area (Å²) in [5.41, 5.74) is 0.516. The highest BCUT2D eigenvalue weighted by atomic mass is 35.5. The Bertz CT molecular complexity index is 421. The lowest BCUT2D eigenvalue weighted by Gasteiger charge is -2.13.